The summed E-state index contributed by atoms with van der Waals surface area (Å²) in [5.74, 6) is -2.91. The first-order chi connectivity index (χ1) is 15.8. The molecule has 2 aromatic carbocycles. The molecule has 0 amide bonds. The number of ether oxygens (including phenoxy) is 2. The Morgan fingerprint density at radius 1 is 0.879 bits per heavy atom. The summed E-state index contributed by atoms with van der Waals surface area (Å²) >= 11 is 0. The molecular formula is C21H18N4O8. The summed E-state index contributed by atoms with van der Waals surface area (Å²) in [6, 6.07) is 7.97. The number of nitrogens with one attached hydrogen (secondary N) is 1. The first kappa shape index (κ1) is 22.8. The number of phenols is 4. The van der Waals surface area contributed by atoms with Gasteiger partial charge in [0.15, 0.2) is 29.1 Å². The Morgan fingerprint density at radius 3 is 1.97 bits per heavy atom. The molecule has 12 heteroatoms. The molecule has 0 bridgehead atoms. The summed E-state index contributed by atoms with van der Waals surface area (Å²) in [6.07, 6.45) is 3.68. The normalized spacial score (nSPS) is 12.1. The van der Waals surface area contributed by atoms with Crippen molar-refractivity contribution in [2.45, 2.75) is 6.10 Å². The molecule has 0 aliphatic rings. The van der Waals surface area contributed by atoms with Crippen LogP contribution in [0.4, 0.5) is 0 Å². The lowest BCUT2D eigenvalue weighted by molar-refractivity contribution is -0.153. The van der Waals surface area contributed by atoms with Gasteiger partial charge in [-0.3, -0.25) is 0 Å². The van der Waals surface area contributed by atoms with Gasteiger partial charge >= 0.3 is 11.9 Å². The summed E-state index contributed by atoms with van der Waals surface area (Å²) < 4.78 is 10.3. The molecule has 0 aliphatic carbocycles. The van der Waals surface area contributed by atoms with E-state index in [-0.39, 0.29) is 28.8 Å². The molecular weight excluding hydrogens is 436 g/mol. The van der Waals surface area contributed by atoms with Gasteiger partial charge in [0.05, 0.1) is 0 Å². The molecule has 12 nitrogen and oxygen atoms in total. The van der Waals surface area contributed by atoms with Gasteiger partial charge in [-0.25, -0.2) is 9.59 Å². The van der Waals surface area contributed by atoms with Gasteiger partial charge in [0.25, 0.3) is 0 Å². The van der Waals surface area contributed by atoms with Crippen LogP contribution in [0.15, 0.2) is 48.6 Å². The monoisotopic (exact) mass is 454 g/mol. The molecule has 0 saturated heterocycles. The van der Waals surface area contributed by atoms with Crippen molar-refractivity contribution in [1.29, 1.82) is 0 Å². The number of esters is 2. The SMILES string of the molecule is O=C(/C=C/c1ccc(O)c(O)c1)OCC(OC(=O)/C=C/c1ccc(O)c(O)c1)c1nn[nH]n1. The van der Waals surface area contributed by atoms with Crippen LogP contribution < -0.4 is 0 Å². The van der Waals surface area contributed by atoms with Gasteiger partial charge in [0.2, 0.25) is 5.82 Å². The number of aromatic amines is 1. The van der Waals surface area contributed by atoms with Crippen molar-refractivity contribution in [3.8, 4) is 23.0 Å². The number of benzene rings is 2. The quantitative estimate of drug-likeness (QED) is 0.189. The third kappa shape index (κ3) is 6.55. The Kier molecular flexibility index (Phi) is 7.21. The van der Waals surface area contributed by atoms with Crippen LogP contribution in [-0.2, 0) is 19.1 Å². The van der Waals surface area contributed by atoms with E-state index in [2.05, 4.69) is 20.6 Å². The summed E-state index contributed by atoms with van der Waals surface area (Å²) in [6.45, 7) is -0.414. The third-order valence-electron chi connectivity index (χ3n) is 4.11. The van der Waals surface area contributed by atoms with Gasteiger partial charge in [-0.1, -0.05) is 17.3 Å². The average Bonchev–Trinajstić information content (AvgIpc) is 3.33. The number of tetrazole rings is 1. The van der Waals surface area contributed by atoms with Crippen molar-refractivity contribution in [1.82, 2.24) is 20.6 Å². The average molecular weight is 454 g/mol. The van der Waals surface area contributed by atoms with Gasteiger partial charge in [-0.2, -0.15) is 5.21 Å². The molecule has 1 aromatic heterocycles. The third-order valence-corrected chi connectivity index (χ3v) is 4.11. The predicted octanol–water partition coefficient (Wildman–Crippen LogP) is 1.58. The van der Waals surface area contributed by atoms with Crippen LogP contribution in [0.1, 0.15) is 23.1 Å². The number of phenolic OH excluding ortho intramolecular Hbond substituents is 4. The van der Waals surface area contributed by atoms with Crippen LogP contribution in [0, 0.1) is 0 Å². The molecule has 1 unspecified atom stereocenters. The molecule has 1 atom stereocenters. The summed E-state index contributed by atoms with van der Waals surface area (Å²) in [5.41, 5.74) is 0.865. The van der Waals surface area contributed by atoms with Gasteiger partial charge in [0, 0.05) is 12.2 Å². The van der Waals surface area contributed by atoms with E-state index in [0.29, 0.717) is 11.1 Å². The van der Waals surface area contributed by atoms with Crippen molar-refractivity contribution in [3.05, 3.63) is 65.5 Å². The molecule has 0 radical (unpaired) electrons. The lowest BCUT2D eigenvalue weighted by Crippen LogP contribution is -2.18. The van der Waals surface area contributed by atoms with Gasteiger partial charge in [-0.15, -0.1) is 10.2 Å². The van der Waals surface area contributed by atoms with Gasteiger partial charge in [0.1, 0.15) is 6.61 Å². The largest absolute Gasteiger partial charge is 0.504 e. The molecule has 0 fully saturated rings. The highest BCUT2D eigenvalue weighted by atomic mass is 16.6. The number of hydrogen-bond acceptors (Lipinski definition) is 11. The molecule has 0 spiro atoms. The first-order valence-corrected chi connectivity index (χ1v) is 9.32. The number of rotatable bonds is 8. The molecule has 170 valence electrons. The van der Waals surface area contributed by atoms with Crippen LogP contribution in [0.3, 0.4) is 0 Å². The Morgan fingerprint density at radius 2 is 1.45 bits per heavy atom. The molecule has 0 aliphatic heterocycles. The van der Waals surface area contributed by atoms with E-state index in [4.69, 9.17) is 9.47 Å². The van der Waals surface area contributed by atoms with Crippen LogP contribution in [-0.4, -0.2) is 59.6 Å². The minimum Gasteiger partial charge on any atom is -0.504 e. The van der Waals surface area contributed by atoms with E-state index in [1.807, 2.05) is 0 Å². The Hall–Kier alpha value is -4.87. The van der Waals surface area contributed by atoms with Crippen LogP contribution in [0.25, 0.3) is 12.2 Å². The molecule has 5 N–H and O–H groups in total. The summed E-state index contributed by atoms with van der Waals surface area (Å²) in [5, 5.41) is 50.6. The summed E-state index contributed by atoms with van der Waals surface area (Å²) in [7, 11) is 0. The number of carbonyl (C=O) groups excluding carboxylic acids is 2. The van der Waals surface area contributed by atoms with Gasteiger partial charge < -0.3 is 29.9 Å². The number of carbonyl (C=O) groups is 2. The van der Waals surface area contributed by atoms with Crippen molar-refractivity contribution >= 4 is 24.1 Å². The van der Waals surface area contributed by atoms with Crippen molar-refractivity contribution in [2.75, 3.05) is 6.61 Å². The lowest BCUT2D eigenvalue weighted by atomic mass is 10.2. The molecule has 1 heterocycles. The maximum absolute atomic E-state index is 12.2. The van der Waals surface area contributed by atoms with Crippen LogP contribution >= 0.6 is 0 Å². The fraction of sp³-hybridized carbons (Fsp3) is 0.0952. The maximum Gasteiger partial charge on any atom is 0.331 e. The zero-order valence-electron chi connectivity index (χ0n) is 16.8. The number of aromatic nitrogens is 4. The number of aromatic hydroxyl groups is 4. The number of H-pyrrole nitrogens is 1. The van der Waals surface area contributed by atoms with Gasteiger partial charge in [-0.05, 0) is 47.5 Å². The van der Waals surface area contributed by atoms with E-state index in [1.54, 1.807) is 0 Å². The second-order valence-corrected chi connectivity index (χ2v) is 6.49. The Labute approximate surface area is 186 Å². The van der Waals surface area contributed by atoms with E-state index in [1.165, 1.54) is 48.6 Å². The van der Waals surface area contributed by atoms with E-state index in [9.17, 15) is 30.0 Å². The first-order valence-electron chi connectivity index (χ1n) is 9.32. The highest BCUT2D eigenvalue weighted by Gasteiger charge is 2.22. The predicted molar refractivity (Wildman–Crippen MR) is 112 cm³/mol. The molecule has 33 heavy (non-hydrogen) atoms. The Balaban J connectivity index is 1.60. The van der Waals surface area contributed by atoms with Crippen LogP contribution in [0.2, 0.25) is 0 Å². The Bertz CT molecular complexity index is 1190. The molecule has 0 saturated carbocycles. The van der Waals surface area contributed by atoms with E-state index >= 15 is 0 Å². The lowest BCUT2D eigenvalue weighted by Gasteiger charge is -2.13. The van der Waals surface area contributed by atoms with Crippen LogP contribution in [0.5, 0.6) is 23.0 Å². The fourth-order valence-corrected chi connectivity index (χ4v) is 2.47. The number of nitrogens with zero attached hydrogens (tertiary/aromatic N) is 3. The van der Waals surface area contributed by atoms with Crippen molar-refractivity contribution in [2.24, 2.45) is 0 Å². The minimum absolute atomic E-state index is 0.0285. The summed E-state index contributed by atoms with van der Waals surface area (Å²) in [4.78, 5) is 24.2. The highest BCUT2D eigenvalue weighted by molar-refractivity contribution is 5.88. The van der Waals surface area contributed by atoms with E-state index < -0.39 is 24.6 Å². The van der Waals surface area contributed by atoms with E-state index in [0.717, 1.165) is 12.2 Å². The minimum atomic E-state index is -1.16. The maximum atomic E-state index is 12.2. The molecule has 3 aromatic rings. The smallest absolute Gasteiger partial charge is 0.331 e. The standard InChI is InChI=1S/C21H18N4O8/c26-14-5-1-12(9-16(14)28)3-7-19(30)32-11-18(21-22-24-25-23-21)33-20(31)8-4-13-2-6-15(27)17(29)10-13/h1-10,18,26-29H,11H2,(H,22,23,24,25)/b7-3+,8-4+. The molecule has 3 rings (SSSR count). The topological polar surface area (TPSA) is 188 Å². The number of hydrogen-bond donors (Lipinski definition) is 5. The zero-order valence-corrected chi connectivity index (χ0v) is 16.8. The van der Waals surface area contributed by atoms with Crippen molar-refractivity contribution in [3.63, 3.8) is 0 Å². The fourth-order valence-electron chi connectivity index (χ4n) is 2.47. The zero-order chi connectivity index (χ0) is 23.8. The second kappa shape index (κ2) is 10.4. The second-order valence-electron chi connectivity index (χ2n) is 6.49. The highest BCUT2D eigenvalue weighted by Crippen LogP contribution is 2.26. The van der Waals surface area contributed by atoms with Crippen molar-refractivity contribution < 1.29 is 39.5 Å².